The first-order valence-corrected chi connectivity index (χ1v) is 12.8. The molecule has 1 aromatic heterocycles. The number of carbonyl (C=O) groups excluding carboxylic acids is 3. The van der Waals surface area contributed by atoms with Gasteiger partial charge in [0, 0.05) is 35.9 Å². The van der Waals surface area contributed by atoms with Gasteiger partial charge in [-0.1, -0.05) is 12.8 Å². The van der Waals surface area contributed by atoms with Crippen LogP contribution in [0, 0.1) is 13.8 Å². The highest BCUT2D eigenvalue weighted by molar-refractivity contribution is 7.89. The third kappa shape index (κ3) is 3.66. The Balaban J connectivity index is 1.42. The van der Waals surface area contributed by atoms with Crippen molar-refractivity contribution >= 4 is 39.2 Å². The van der Waals surface area contributed by atoms with E-state index in [2.05, 4.69) is 5.32 Å². The van der Waals surface area contributed by atoms with Crippen LogP contribution in [0.25, 0.3) is 0 Å². The van der Waals surface area contributed by atoms with Crippen molar-refractivity contribution in [1.29, 1.82) is 0 Å². The number of sulfonamides is 1. The van der Waals surface area contributed by atoms with Crippen LogP contribution in [0.2, 0.25) is 0 Å². The summed E-state index contributed by atoms with van der Waals surface area (Å²) in [7, 11) is -3.61. The molecule has 1 spiro atoms. The zero-order chi connectivity index (χ0) is 22.6. The molecule has 11 heteroatoms. The third-order valence-corrected chi connectivity index (χ3v) is 9.68. The van der Waals surface area contributed by atoms with E-state index in [-0.39, 0.29) is 38.0 Å². The quantitative estimate of drug-likeness (QED) is 0.673. The van der Waals surface area contributed by atoms with Crippen molar-refractivity contribution in [3.8, 4) is 0 Å². The number of thiophene rings is 1. The van der Waals surface area contributed by atoms with Gasteiger partial charge in [0.15, 0.2) is 0 Å². The number of nitrogens with zero attached hydrogens (tertiary/aromatic N) is 3. The fraction of sp³-hybridized carbons (Fsp3) is 0.650. The molecule has 1 atom stereocenters. The Bertz CT molecular complexity index is 1020. The van der Waals surface area contributed by atoms with Crippen molar-refractivity contribution in [3.05, 3.63) is 15.8 Å². The minimum atomic E-state index is -3.61. The molecular weight excluding hydrogens is 440 g/mol. The Morgan fingerprint density at radius 1 is 1.13 bits per heavy atom. The summed E-state index contributed by atoms with van der Waals surface area (Å²) in [5, 5.41) is 2.80. The fourth-order valence-corrected chi connectivity index (χ4v) is 7.78. The molecule has 3 aliphatic rings. The maximum absolute atomic E-state index is 13.0. The largest absolute Gasteiger partial charge is 0.338 e. The molecule has 170 valence electrons. The molecule has 3 heterocycles. The Labute approximate surface area is 186 Å². The van der Waals surface area contributed by atoms with Crippen LogP contribution in [-0.2, 0) is 19.6 Å². The fourth-order valence-electron chi connectivity index (χ4n) is 4.84. The van der Waals surface area contributed by atoms with E-state index in [1.54, 1.807) is 24.8 Å². The lowest BCUT2D eigenvalue weighted by atomic mass is 9.97. The highest BCUT2D eigenvalue weighted by Crippen LogP contribution is 2.36. The van der Waals surface area contributed by atoms with Gasteiger partial charge in [0.2, 0.25) is 15.9 Å². The van der Waals surface area contributed by atoms with Crippen LogP contribution in [0.4, 0.5) is 4.79 Å². The highest BCUT2D eigenvalue weighted by Gasteiger charge is 2.55. The molecule has 0 aromatic carbocycles. The molecule has 3 fully saturated rings. The van der Waals surface area contributed by atoms with E-state index in [4.69, 9.17) is 0 Å². The lowest BCUT2D eigenvalue weighted by molar-refractivity contribution is -0.143. The number of hydrogen-bond donors (Lipinski definition) is 1. The first kappa shape index (κ1) is 22.2. The van der Waals surface area contributed by atoms with E-state index in [1.807, 2.05) is 6.92 Å². The molecule has 0 radical (unpaired) electrons. The topological polar surface area (TPSA) is 107 Å². The van der Waals surface area contributed by atoms with Crippen LogP contribution >= 0.6 is 11.3 Å². The van der Waals surface area contributed by atoms with Crippen LogP contribution in [0.1, 0.15) is 42.4 Å². The second kappa shape index (κ2) is 7.86. The van der Waals surface area contributed by atoms with Gasteiger partial charge in [0.25, 0.3) is 5.91 Å². The summed E-state index contributed by atoms with van der Waals surface area (Å²) >= 11 is 1.45. The molecule has 1 saturated carbocycles. The molecule has 2 aliphatic heterocycles. The average molecular weight is 469 g/mol. The van der Waals surface area contributed by atoms with Gasteiger partial charge in [0.1, 0.15) is 11.6 Å². The summed E-state index contributed by atoms with van der Waals surface area (Å²) in [6, 6.07) is 0.250. The minimum Gasteiger partial charge on any atom is -0.338 e. The maximum Gasteiger partial charge on any atom is 0.325 e. The van der Waals surface area contributed by atoms with Gasteiger partial charge in [-0.2, -0.15) is 4.31 Å². The molecule has 1 unspecified atom stereocenters. The van der Waals surface area contributed by atoms with E-state index in [0.29, 0.717) is 17.7 Å². The Morgan fingerprint density at radius 3 is 2.29 bits per heavy atom. The van der Waals surface area contributed by atoms with Gasteiger partial charge >= 0.3 is 6.03 Å². The number of amides is 4. The van der Waals surface area contributed by atoms with Crippen LogP contribution in [0.3, 0.4) is 0 Å². The van der Waals surface area contributed by atoms with Crippen molar-refractivity contribution in [2.45, 2.75) is 62.9 Å². The number of urea groups is 1. The number of aryl methyl sites for hydroxylation is 2. The molecule has 4 rings (SSSR count). The summed E-state index contributed by atoms with van der Waals surface area (Å²) in [5.74, 6) is -0.654. The van der Waals surface area contributed by atoms with Gasteiger partial charge in [-0.3, -0.25) is 9.59 Å². The van der Waals surface area contributed by atoms with Gasteiger partial charge in [0.05, 0.1) is 4.90 Å². The standard InChI is InChI=1S/C20H28N4O5S2/c1-13-12-16(15(3)30-13)31(28,29)23-10-8-22(9-11-23)17(25)14(2)24-18(26)20(21-19(24)27)6-4-5-7-20/h12,14H,4-11H2,1-3H3,(H,21,27). The first-order chi connectivity index (χ1) is 14.6. The second-order valence-corrected chi connectivity index (χ2v) is 11.9. The smallest absolute Gasteiger partial charge is 0.325 e. The lowest BCUT2D eigenvalue weighted by Crippen LogP contribution is -2.56. The summed E-state index contributed by atoms with van der Waals surface area (Å²) < 4.78 is 27.4. The van der Waals surface area contributed by atoms with Gasteiger partial charge < -0.3 is 10.2 Å². The normalized spacial score (nSPS) is 22.9. The summed E-state index contributed by atoms with van der Waals surface area (Å²) in [6.07, 6.45) is 2.96. The number of hydrogen-bond acceptors (Lipinski definition) is 6. The number of imide groups is 1. The Kier molecular flexibility index (Phi) is 5.63. The summed E-state index contributed by atoms with van der Waals surface area (Å²) in [5.41, 5.74) is -0.852. The van der Waals surface area contributed by atoms with Gasteiger partial charge in [-0.25, -0.2) is 18.1 Å². The zero-order valence-corrected chi connectivity index (χ0v) is 19.6. The van der Waals surface area contributed by atoms with Crippen molar-refractivity contribution < 1.29 is 22.8 Å². The minimum absolute atomic E-state index is 0.180. The van der Waals surface area contributed by atoms with Crippen LogP contribution in [0.5, 0.6) is 0 Å². The average Bonchev–Trinajstić information content (AvgIpc) is 3.40. The van der Waals surface area contributed by atoms with Gasteiger partial charge in [-0.05, 0) is 39.7 Å². The molecule has 9 nitrogen and oxygen atoms in total. The number of carbonyl (C=O) groups is 3. The Hall–Kier alpha value is -1.98. The van der Waals surface area contributed by atoms with Crippen molar-refractivity contribution in [3.63, 3.8) is 0 Å². The van der Waals surface area contributed by atoms with Crippen LogP contribution in [0.15, 0.2) is 11.0 Å². The van der Waals surface area contributed by atoms with Crippen LogP contribution in [-0.4, -0.2) is 78.1 Å². The number of rotatable bonds is 4. The van der Waals surface area contributed by atoms with E-state index < -0.39 is 27.6 Å². The third-order valence-electron chi connectivity index (χ3n) is 6.56. The Morgan fingerprint density at radius 2 is 1.74 bits per heavy atom. The predicted molar refractivity (Wildman–Crippen MR) is 115 cm³/mol. The van der Waals surface area contributed by atoms with E-state index in [9.17, 15) is 22.8 Å². The monoisotopic (exact) mass is 468 g/mol. The molecule has 1 aromatic rings. The van der Waals surface area contributed by atoms with Crippen molar-refractivity contribution in [1.82, 2.24) is 19.4 Å². The number of nitrogens with one attached hydrogen (secondary N) is 1. The summed E-state index contributed by atoms with van der Waals surface area (Å²) in [6.45, 7) is 6.03. The van der Waals surface area contributed by atoms with E-state index in [1.165, 1.54) is 15.6 Å². The van der Waals surface area contributed by atoms with Crippen molar-refractivity contribution in [2.75, 3.05) is 26.2 Å². The SMILES string of the molecule is Cc1cc(S(=O)(=O)N2CCN(C(=O)C(C)N3C(=O)NC4(CCCC4)C3=O)CC2)c(C)s1. The molecule has 1 aliphatic carbocycles. The maximum atomic E-state index is 13.0. The lowest BCUT2D eigenvalue weighted by Gasteiger charge is -2.36. The first-order valence-electron chi connectivity index (χ1n) is 10.6. The highest BCUT2D eigenvalue weighted by atomic mass is 32.2. The molecule has 31 heavy (non-hydrogen) atoms. The second-order valence-electron chi connectivity index (χ2n) is 8.58. The van der Waals surface area contributed by atoms with Gasteiger partial charge in [-0.15, -0.1) is 11.3 Å². The molecule has 0 bridgehead atoms. The number of piperazine rings is 1. The molecular formula is C20H28N4O5S2. The van der Waals surface area contributed by atoms with Crippen molar-refractivity contribution in [2.24, 2.45) is 0 Å². The van der Waals surface area contributed by atoms with E-state index >= 15 is 0 Å². The molecule has 1 N–H and O–H groups in total. The molecule has 2 saturated heterocycles. The zero-order valence-electron chi connectivity index (χ0n) is 18.0. The molecule has 4 amide bonds. The summed E-state index contributed by atoms with van der Waals surface area (Å²) in [4.78, 5) is 43.1. The predicted octanol–water partition coefficient (Wildman–Crippen LogP) is 1.45. The van der Waals surface area contributed by atoms with Crippen LogP contribution < -0.4 is 5.32 Å². The van der Waals surface area contributed by atoms with E-state index in [0.717, 1.165) is 27.5 Å².